The summed E-state index contributed by atoms with van der Waals surface area (Å²) in [7, 11) is 0. The van der Waals surface area contributed by atoms with Crippen LogP contribution in [-0.2, 0) is 22.4 Å². The minimum atomic E-state index is -0.736. The number of amides is 2. The van der Waals surface area contributed by atoms with Crippen LogP contribution < -0.4 is 16.0 Å². The number of rotatable bonds is 17. The van der Waals surface area contributed by atoms with Crippen molar-refractivity contribution in [3.63, 3.8) is 0 Å². The van der Waals surface area contributed by atoms with Crippen LogP contribution in [0.25, 0.3) is 11.1 Å². The Hall–Kier alpha value is -4.42. The van der Waals surface area contributed by atoms with Crippen LogP contribution in [0.15, 0.2) is 109 Å². The highest BCUT2D eigenvalue weighted by Gasteiger charge is 2.32. The molecule has 1 aliphatic carbocycles. The molecule has 0 saturated carbocycles. The molecule has 2 amide bonds. The molecule has 0 radical (unpaired) electrons. The van der Waals surface area contributed by atoms with E-state index in [1.54, 1.807) is 0 Å². The maximum Gasteiger partial charge on any atom is 0.408 e. The zero-order valence-corrected chi connectivity index (χ0v) is 26.0. The van der Waals surface area contributed by atoms with Crippen molar-refractivity contribution in [3.05, 3.63) is 131 Å². The van der Waals surface area contributed by atoms with Crippen LogP contribution in [0.5, 0.6) is 0 Å². The number of carbonyl (C=O) groups excluding carboxylic acids is 2. The summed E-state index contributed by atoms with van der Waals surface area (Å²) in [6.07, 6.45) is 7.01. The summed E-state index contributed by atoms with van der Waals surface area (Å²) < 4.78 is 5.98. The van der Waals surface area contributed by atoms with E-state index in [9.17, 15) is 9.59 Å². The van der Waals surface area contributed by atoms with Gasteiger partial charge in [0.1, 0.15) is 6.04 Å². The van der Waals surface area contributed by atoms with E-state index in [1.807, 2.05) is 78.9 Å². The highest BCUT2D eigenvalue weighted by atomic mass is 16.6. The summed E-state index contributed by atoms with van der Waals surface area (Å²) in [5.41, 5.74) is 6.42. The molecule has 1 atom stereocenters. The molecule has 0 aliphatic heterocycles. The minimum absolute atomic E-state index is 0.192. The molecule has 0 aromatic heterocycles. The van der Waals surface area contributed by atoms with Gasteiger partial charge in [-0.15, -0.1) is 0 Å². The van der Waals surface area contributed by atoms with Crippen LogP contribution in [0.4, 0.5) is 4.79 Å². The molecule has 0 saturated heterocycles. The first-order valence-electron chi connectivity index (χ1n) is 16.4. The number of aryl methyl sites for hydroxylation is 1. The van der Waals surface area contributed by atoms with Gasteiger partial charge in [0, 0.05) is 24.1 Å². The Balaban J connectivity index is 1.03. The molecular formula is C39H45N3O3. The molecule has 1 unspecified atom stereocenters. The molecule has 5 rings (SSSR count). The number of fused-ring (bicyclic) bond motifs is 3. The zero-order chi connectivity index (χ0) is 31.1. The monoisotopic (exact) mass is 603 g/mol. The number of benzene rings is 4. The third-order valence-electron chi connectivity index (χ3n) is 8.38. The number of nitrogens with one attached hydrogen (secondary N) is 3. The Morgan fingerprint density at radius 2 is 1.13 bits per heavy atom. The summed E-state index contributed by atoms with van der Waals surface area (Å²) in [5.74, 6) is -0.192. The smallest absolute Gasteiger partial charge is 0.408 e. The Bertz CT molecular complexity index is 1450. The van der Waals surface area contributed by atoms with Gasteiger partial charge in [-0.2, -0.15) is 0 Å². The Labute approximate surface area is 267 Å². The molecule has 234 valence electrons. The highest BCUT2D eigenvalue weighted by molar-refractivity contribution is 5.86. The fourth-order valence-electron chi connectivity index (χ4n) is 6.01. The van der Waals surface area contributed by atoms with Crippen molar-refractivity contribution in [3.8, 4) is 11.1 Å². The first-order chi connectivity index (χ1) is 22.2. The van der Waals surface area contributed by atoms with E-state index in [0.717, 1.165) is 73.0 Å². The quantitative estimate of drug-likeness (QED) is 0.110. The number of alkyl carbamates (subject to hydrolysis) is 1. The molecular weight excluding hydrogens is 558 g/mol. The van der Waals surface area contributed by atoms with E-state index in [1.165, 1.54) is 18.4 Å². The first kappa shape index (κ1) is 32.0. The highest BCUT2D eigenvalue weighted by Crippen LogP contribution is 2.45. The van der Waals surface area contributed by atoms with E-state index >= 15 is 0 Å². The Morgan fingerprint density at radius 1 is 0.600 bits per heavy atom. The second-order valence-corrected chi connectivity index (χ2v) is 11.7. The van der Waals surface area contributed by atoms with Gasteiger partial charge in [-0.3, -0.25) is 4.79 Å². The van der Waals surface area contributed by atoms with Gasteiger partial charge in [0.15, 0.2) is 6.10 Å². The van der Waals surface area contributed by atoms with Crippen molar-refractivity contribution in [1.82, 2.24) is 16.0 Å². The van der Waals surface area contributed by atoms with E-state index in [4.69, 9.17) is 4.74 Å². The molecule has 4 aromatic rings. The van der Waals surface area contributed by atoms with Crippen LogP contribution >= 0.6 is 0 Å². The van der Waals surface area contributed by atoms with E-state index in [-0.39, 0.29) is 5.91 Å². The van der Waals surface area contributed by atoms with Crippen molar-refractivity contribution >= 4 is 12.0 Å². The fraction of sp³-hybridized carbons (Fsp3) is 0.333. The molecule has 6 heteroatoms. The first-order valence-corrected chi connectivity index (χ1v) is 16.4. The van der Waals surface area contributed by atoms with Gasteiger partial charge in [0.25, 0.3) is 0 Å². The molecule has 1 aliphatic rings. The van der Waals surface area contributed by atoms with E-state index in [2.05, 4.69) is 46.3 Å². The molecule has 0 fully saturated rings. The molecule has 0 bridgehead atoms. The van der Waals surface area contributed by atoms with Crippen molar-refractivity contribution in [2.24, 2.45) is 0 Å². The maximum atomic E-state index is 13.3. The number of carbonyl (C=O) groups is 2. The molecule has 6 nitrogen and oxygen atoms in total. The summed E-state index contributed by atoms with van der Waals surface area (Å²) in [6.45, 7) is 2.68. The second kappa shape index (κ2) is 17.2. The minimum Gasteiger partial charge on any atom is -0.436 e. The molecule has 0 spiro atoms. The van der Waals surface area contributed by atoms with E-state index in [0.29, 0.717) is 13.0 Å². The summed E-state index contributed by atoms with van der Waals surface area (Å²) in [5, 5.41) is 9.47. The average Bonchev–Trinajstić information content (AvgIpc) is 3.39. The lowest BCUT2D eigenvalue weighted by Gasteiger charge is -2.21. The van der Waals surface area contributed by atoms with Gasteiger partial charge in [-0.05, 0) is 61.0 Å². The Morgan fingerprint density at radius 3 is 1.80 bits per heavy atom. The lowest BCUT2D eigenvalue weighted by molar-refractivity contribution is -0.123. The third kappa shape index (κ3) is 9.53. The molecule has 0 heterocycles. The van der Waals surface area contributed by atoms with Gasteiger partial charge in [0.2, 0.25) is 5.91 Å². The van der Waals surface area contributed by atoms with Crippen LogP contribution in [0.2, 0.25) is 0 Å². The van der Waals surface area contributed by atoms with Crippen LogP contribution in [-0.4, -0.2) is 37.7 Å². The zero-order valence-electron chi connectivity index (χ0n) is 26.0. The Kier molecular flexibility index (Phi) is 12.2. The van der Waals surface area contributed by atoms with Gasteiger partial charge in [-0.25, -0.2) is 4.79 Å². The maximum absolute atomic E-state index is 13.3. The lowest BCUT2D eigenvalue weighted by atomic mass is 10.1. The van der Waals surface area contributed by atoms with Crippen LogP contribution in [0, 0.1) is 0 Å². The molecule has 4 aromatic carbocycles. The number of ether oxygens (including phenoxy) is 1. The van der Waals surface area contributed by atoms with Crippen LogP contribution in [0.1, 0.15) is 66.9 Å². The third-order valence-corrected chi connectivity index (χ3v) is 8.38. The van der Waals surface area contributed by atoms with Crippen molar-refractivity contribution in [1.29, 1.82) is 0 Å². The number of hydrogen-bond acceptors (Lipinski definition) is 4. The fourth-order valence-corrected chi connectivity index (χ4v) is 6.01. The molecule has 45 heavy (non-hydrogen) atoms. The van der Waals surface area contributed by atoms with Gasteiger partial charge in [-0.1, -0.05) is 128 Å². The average molecular weight is 604 g/mol. The van der Waals surface area contributed by atoms with Gasteiger partial charge < -0.3 is 20.7 Å². The standard InChI is InChI=1S/C39H45N3O3/c43-38(41-28-15-3-1-2-14-26-40-27-16-21-30-17-6-4-7-18-30)36(29-31-19-8-5-9-20-31)42-39(44)45-37-34-24-12-10-22-32(34)33-23-11-13-25-35(33)37/h4-13,17-20,22-25,36-37,40H,1-3,14-16,21,26-29H2,(H,41,43)(H,42,44). The van der Waals surface area contributed by atoms with Crippen molar-refractivity contribution in [2.75, 3.05) is 19.6 Å². The number of hydrogen-bond donors (Lipinski definition) is 3. The largest absolute Gasteiger partial charge is 0.436 e. The normalized spacial score (nSPS) is 12.6. The predicted octanol–water partition coefficient (Wildman–Crippen LogP) is 7.38. The predicted molar refractivity (Wildman–Crippen MR) is 181 cm³/mol. The lowest BCUT2D eigenvalue weighted by Crippen LogP contribution is -2.48. The summed E-state index contributed by atoms with van der Waals surface area (Å²) in [4.78, 5) is 26.5. The number of unbranched alkanes of at least 4 members (excludes halogenated alkanes) is 4. The topological polar surface area (TPSA) is 79.5 Å². The summed E-state index contributed by atoms with van der Waals surface area (Å²) in [6, 6.07) is 35.6. The van der Waals surface area contributed by atoms with Crippen LogP contribution in [0.3, 0.4) is 0 Å². The van der Waals surface area contributed by atoms with Crippen molar-refractivity contribution < 1.29 is 14.3 Å². The van der Waals surface area contributed by atoms with Gasteiger partial charge in [0.05, 0.1) is 0 Å². The van der Waals surface area contributed by atoms with Crippen molar-refractivity contribution in [2.45, 2.75) is 63.5 Å². The SMILES string of the molecule is O=C(NC(Cc1ccccc1)C(=O)NCCCCCCCNCCCc1ccccc1)OC1c2ccccc2-c2ccccc21. The van der Waals surface area contributed by atoms with Gasteiger partial charge >= 0.3 is 6.09 Å². The summed E-state index contributed by atoms with van der Waals surface area (Å²) >= 11 is 0. The molecule has 3 N–H and O–H groups in total. The second-order valence-electron chi connectivity index (χ2n) is 11.7. The van der Waals surface area contributed by atoms with E-state index < -0.39 is 18.2 Å².